The summed E-state index contributed by atoms with van der Waals surface area (Å²) in [5, 5.41) is 11.5. The number of likely N-dealkylation sites (N-methyl/N-ethyl adjacent to an activating group) is 2. The fraction of sp³-hybridized carbons (Fsp3) is 0.357. The molecular weight excluding hydrogens is 274 g/mol. The molecule has 0 heterocycles. The Kier molecular flexibility index (Phi) is 5.71. The van der Waals surface area contributed by atoms with Crippen molar-refractivity contribution in [1.82, 2.24) is 15.1 Å². The molecule has 1 aromatic rings. The Bertz CT molecular complexity index is 543. The molecule has 1 rings (SSSR count). The summed E-state index contributed by atoms with van der Waals surface area (Å²) < 4.78 is 0. The number of hydrogen-bond acceptors (Lipinski definition) is 3. The number of hydrogen-bond donors (Lipinski definition) is 2. The van der Waals surface area contributed by atoms with Crippen LogP contribution in [0.1, 0.15) is 15.9 Å². The zero-order chi connectivity index (χ0) is 16.0. The van der Waals surface area contributed by atoms with E-state index in [1.165, 1.54) is 29.0 Å². The summed E-state index contributed by atoms with van der Waals surface area (Å²) in [5.74, 6) is -1.20. The average molecular weight is 293 g/mol. The molecule has 0 atom stereocenters. The van der Waals surface area contributed by atoms with Gasteiger partial charge < -0.3 is 20.2 Å². The van der Waals surface area contributed by atoms with E-state index in [1.54, 1.807) is 26.2 Å². The molecule has 0 aliphatic carbocycles. The van der Waals surface area contributed by atoms with Crippen molar-refractivity contribution in [3.63, 3.8) is 0 Å². The highest BCUT2D eigenvalue weighted by Crippen LogP contribution is 2.05. The lowest BCUT2D eigenvalue weighted by molar-refractivity contribution is -0.129. The van der Waals surface area contributed by atoms with E-state index in [2.05, 4.69) is 5.32 Å². The first-order valence-electron chi connectivity index (χ1n) is 6.32. The quantitative estimate of drug-likeness (QED) is 0.832. The number of carbonyl (C=O) groups is 3. The fourth-order valence-electron chi connectivity index (χ4n) is 1.54. The Labute approximate surface area is 123 Å². The fourth-order valence-corrected chi connectivity index (χ4v) is 1.54. The molecule has 7 heteroatoms. The van der Waals surface area contributed by atoms with Gasteiger partial charge in [-0.2, -0.15) is 0 Å². The van der Waals surface area contributed by atoms with Crippen molar-refractivity contribution in [2.45, 2.75) is 6.54 Å². The maximum Gasteiger partial charge on any atom is 0.335 e. The summed E-state index contributed by atoms with van der Waals surface area (Å²) in [6.45, 7) is 0.175. The van der Waals surface area contributed by atoms with Crippen molar-refractivity contribution in [1.29, 1.82) is 0 Å². The molecule has 21 heavy (non-hydrogen) atoms. The van der Waals surface area contributed by atoms with E-state index < -0.39 is 12.0 Å². The Morgan fingerprint density at radius 1 is 1.19 bits per heavy atom. The second kappa shape index (κ2) is 7.28. The van der Waals surface area contributed by atoms with Crippen LogP contribution in [0, 0.1) is 0 Å². The molecule has 0 spiro atoms. The van der Waals surface area contributed by atoms with Crippen molar-refractivity contribution in [3.05, 3.63) is 35.4 Å². The van der Waals surface area contributed by atoms with Gasteiger partial charge in [-0.15, -0.1) is 0 Å². The third kappa shape index (κ3) is 5.13. The van der Waals surface area contributed by atoms with E-state index >= 15 is 0 Å². The number of carbonyl (C=O) groups excluding carboxylic acids is 2. The van der Waals surface area contributed by atoms with Crippen molar-refractivity contribution >= 4 is 17.9 Å². The van der Waals surface area contributed by atoms with Crippen molar-refractivity contribution in [2.75, 3.05) is 27.7 Å². The largest absolute Gasteiger partial charge is 0.478 e. The van der Waals surface area contributed by atoms with Gasteiger partial charge in [-0.3, -0.25) is 4.79 Å². The molecule has 0 unspecified atom stereocenters. The highest BCUT2D eigenvalue weighted by Gasteiger charge is 2.13. The van der Waals surface area contributed by atoms with Gasteiger partial charge in [0.05, 0.1) is 5.56 Å². The van der Waals surface area contributed by atoms with Crippen LogP contribution in [-0.4, -0.2) is 60.5 Å². The topological polar surface area (TPSA) is 90.0 Å². The van der Waals surface area contributed by atoms with Crippen LogP contribution < -0.4 is 5.32 Å². The maximum atomic E-state index is 11.8. The van der Waals surface area contributed by atoms with Gasteiger partial charge >= 0.3 is 12.0 Å². The first kappa shape index (κ1) is 16.5. The van der Waals surface area contributed by atoms with Crippen molar-refractivity contribution in [3.8, 4) is 0 Å². The monoisotopic (exact) mass is 293 g/mol. The van der Waals surface area contributed by atoms with Gasteiger partial charge in [-0.05, 0) is 17.7 Å². The molecule has 114 valence electrons. The zero-order valence-electron chi connectivity index (χ0n) is 12.3. The van der Waals surface area contributed by atoms with Crippen LogP contribution in [0.3, 0.4) is 0 Å². The Morgan fingerprint density at radius 2 is 1.86 bits per heavy atom. The minimum atomic E-state index is -1.02. The van der Waals surface area contributed by atoms with Gasteiger partial charge in [0.1, 0.15) is 6.54 Å². The van der Waals surface area contributed by atoms with Gasteiger partial charge in [-0.25, -0.2) is 9.59 Å². The van der Waals surface area contributed by atoms with Crippen molar-refractivity contribution in [2.24, 2.45) is 0 Å². The predicted molar refractivity (Wildman–Crippen MR) is 77.0 cm³/mol. The molecule has 7 nitrogen and oxygen atoms in total. The highest BCUT2D eigenvalue weighted by atomic mass is 16.4. The lowest BCUT2D eigenvalue weighted by atomic mass is 10.1. The normalized spacial score (nSPS) is 9.86. The number of benzene rings is 1. The maximum absolute atomic E-state index is 11.8. The van der Waals surface area contributed by atoms with Gasteiger partial charge in [-0.1, -0.05) is 12.1 Å². The van der Waals surface area contributed by atoms with Crippen LogP contribution in [-0.2, 0) is 11.3 Å². The Hall–Kier alpha value is -2.57. The smallest absolute Gasteiger partial charge is 0.335 e. The third-order valence-corrected chi connectivity index (χ3v) is 2.84. The van der Waals surface area contributed by atoms with Crippen LogP contribution in [0.25, 0.3) is 0 Å². The molecule has 0 radical (unpaired) electrons. The number of carboxylic acids is 1. The van der Waals surface area contributed by atoms with E-state index in [1.807, 2.05) is 0 Å². The molecule has 0 aromatic heterocycles. The van der Waals surface area contributed by atoms with E-state index in [0.29, 0.717) is 5.56 Å². The average Bonchev–Trinajstić information content (AvgIpc) is 2.44. The minimum absolute atomic E-state index is 0.0198. The molecule has 0 bridgehead atoms. The molecule has 0 fully saturated rings. The van der Waals surface area contributed by atoms with Gasteiger partial charge in [0.2, 0.25) is 5.91 Å². The second-order valence-electron chi connectivity index (χ2n) is 4.81. The number of amides is 3. The van der Waals surface area contributed by atoms with Gasteiger partial charge in [0.15, 0.2) is 0 Å². The highest BCUT2D eigenvalue weighted by molar-refractivity contribution is 5.87. The third-order valence-electron chi connectivity index (χ3n) is 2.84. The molecule has 0 saturated heterocycles. The lowest BCUT2D eigenvalue weighted by Gasteiger charge is -2.19. The Morgan fingerprint density at radius 3 is 2.43 bits per heavy atom. The van der Waals surface area contributed by atoms with Crippen LogP contribution >= 0.6 is 0 Å². The zero-order valence-corrected chi connectivity index (χ0v) is 12.3. The van der Waals surface area contributed by atoms with Gasteiger partial charge in [0, 0.05) is 27.7 Å². The molecule has 0 aliphatic heterocycles. The number of nitrogens with zero attached hydrogens (tertiary/aromatic N) is 2. The number of aromatic carboxylic acids is 1. The van der Waals surface area contributed by atoms with Crippen LogP contribution in [0.4, 0.5) is 4.79 Å². The summed E-state index contributed by atoms with van der Waals surface area (Å²) in [6.07, 6.45) is 0. The predicted octanol–water partition coefficient (Wildman–Crippen LogP) is 0.614. The number of nitrogens with one attached hydrogen (secondary N) is 1. The minimum Gasteiger partial charge on any atom is -0.478 e. The van der Waals surface area contributed by atoms with Crippen molar-refractivity contribution < 1.29 is 19.5 Å². The molecule has 1 aromatic carbocycles. The summed E-state index contributed by atoms with van der Waals surface area (Å²) in [6, 6.07) is 5.91. The SMILES string of the molecule is CN(C)C(=O)CN(C)C(=O)NCc1cccc(C(=O)O)c1. The van der Waals surface area contributed by atoms with E-state index in [4.69, 9.17) is 5.11 Å². The molecule has 2 N–H and O–H groups in total. The van der Waals surface area contributed by atoms with Gasteiger partial charge in [0.25, 0.3) is 0 Å². The second-order valence-corrected chi connectivity index (χ2v) is 4.81. The van der Waals surface area contributed by atoms with E-state index in [-0.39, 0.29) is 24.6 Å². The number of carboxylic acid groups (broad SMARTS) is 1. The van der Waals surface area contributed by atoms with E-state index in [9.17, 15) is 14.4 Å². The molecule has 0 saturated carbocycles. The standard InChI is InChI=1S/C14H19N3O4/c1-16(2)12(18)9-17(3)14(21)15-8-10-5-4-6-11(7-10)13(19)20/h4-7H,8-9H2,1-3H3,(H,15,21)(H,19,20). The van der Waals surface area contributed by atoms with E-state index in [0.717, 1.165) is 0 Å². The Balaban J connectivity index is 2.54. The first-order valence-corrected chi connectivity index (χ1v) is 6.32. The summed E-state index contributed by atoms with van der Waals surface area (Å²) >= 11 is 0. The van der Waals surface area contributed by atoms with Crippen LogP contribution in [0.2, 0.25) is 0 Å². The number of rotatable bonds is 5. The summed E-state index contributed by atoms with van der Waals surface area (Å²) in [4.78, 5) is 36.8. The first-order chi connectivity index (χ1) is 9.81. The molecule has 0 aliphatic rings. The molecule has 3 amide bonds. The number of urea groups is 1. The van der Waals surface area contributed by atoms with Crippen LogP contribution in [0.15, 0.2) is 24.3 Å². The lowest BCUT2D eigenvalue weighted by Crippen LogP contribution is -2.42. The summed E-state index contributed by atoms with van der Waals surface area (Å²) in [7, 11) is 4.75. The summed E-state index contributed by atoms with van der Waals surface area (Å²) in [5.41, 5.74) is 0.841. The van der Waals surface area contributed by atoms with Crippen LogP contribution in [0.5, 0.6) is 0 Å². The molecular formula is C14H19N3O4.